The van der Waals surface area contributed by atoms with Crippen molar-refractivity contribution in [3.63, 3.8) is 0 Å². The molecule has 33 heavy (non-hydrogen) atoms. The molecule has 2 aromatic carbocycles. The second kappa shape index (κ2) is 9.67. The van der Waals surface area contributed by atoms with E-state index < -0.39 is 5.82 Å². The molecule has 4 aromatic rings. The topological polar surface area (TPSA) is 101 Å². The van der Waals surface area contributed by atoms with Crippen molar-refractivity contribution in [2.45, 2.75) is 25.5 Å². The van der Waals surface area contributed by atoms with E-state index in [0.717, 1.165) is 28.6 Å². The third-order valence-corrected chi connectivity index (χ3v) is 6.13. The number of nitriles is 1. The minimum Gasteiger partial charge on any atom is -0.326 e. The van der Waals surface area contributed by atoms with Gasteiger partial charge in [-0.2, -0.15) is 9.94 Å². The van der Waals surface area contributed by atoms with Gasteiger partial charge in [0.25, 0.3) is 0 Å². The molecule has 1 amide bonds. The van der Waals surface area contributed by atoms with E-state index in [-0.39, 0.29) is 11.7 Å². The molecule has 0 aliphatic heterocycles. The quantitative estimate of drug-likeness (QED) is 0.419. The summed E-state index contributed by atoms with van der Waals surface area (Å²) in [4.78, 5) is 12.8. The van der Waals surface area contributed by atoms with Gasteiger partial charge in [-0.25, -0.2) is 4.39 Å². The predicted molar refractivity (Wildman–Crippen MR) is 123 cm³/mol. The highest BCUT2D eigenvalue weighted by Crippen LogP contribution is 2.28. The number of carbonyl (C=O) groups excluding carboxylic acids is 1. The summed E-state index contributed by atoms with van der Waals surface area (Å²) < 4.78 is 16.9. The van der Waals surface area contributed by atoms with Crippen LogP contribution in [0, 0.1) is 31.0 Å². The number of amides is 1. The van der Waals surface area contributed by atoms with Gasteiger partial charge in [0, 0.05) is 12.2 Å². The molecule has 0 aliphatic rings. The summed E-state index contributed by atoms with van der Waals surface area (Å²) in [5, 5.41) is 24.4. The van der Waals surface area contributed by atoms with Crippen molar-refractivity contribution in [1.29, 1.82) is 5.26 Å². The van der Waals surface area contributed by atoms with Crippen LogP contribution in [0.15, 0.2) is 59.8 Å². The summed E-state index contributed by atoms with van der Waals surface area (Å²) in [6.07, 6.45) is 0. The number of thioether (sulfide) groups is 1. The summed E-state index contributed by atoms with van der Waals surface area (Å²) in [5.41, 5.74) is 3.68. The zero-order valence-corrected chi connectivity index (χ0v) is 18.8. The monoisotopic (exact) mass is 461 g/mol. The Bertz CT molecular complexity index is 1340. The summed E-state index contributed by atoms with van der Waals surface area (Å²) in [6, 6.07) is 17.9. The van der Waals surface area contributed by atoms with Gasteiger partial charge < -0.3 is 9.88 Å². The molecule has 2 heterocycles. The number of halogens is 1. The molecule has 0 radical (unpaired) electrons. The Kier molecular flexibility index (Phi) is 6.51. The first kappa shape index (κ1) is 22.2. The van der Waals surface area contributed by atoms with E-state index in [2.05, 4.69) is 26.9 Å². The molecule has 2 aromatic heterocycles. The lowest BCUT2D eigenvalue weighted by atomic mass is 10.2. The summed E-state index contributed by atoms with van der Waals surface area (Å²) in [7, 11) is 0. The molecule has 8 nitrogen and oxygen atoms in total. The summed E-state index contributed by atoms with van der Waals surface area (Å²) in [5.74, 6) is -0.246. The average Bonchev–Trinajstić information content (AvgIpc) is 3.37. The number of benzene rings is 2. The van der Waals surface area contributed by atoms with Crippen LogP contribution in [0.4, 0.5) is 10.2 Å². The minimum atomic E-state index is -0.411. The van der Waals surface area contributed by atoms with Crippen LogP contribution in [-0.4, -0.2) is 36.4 Å². The largest absolute Gasteiger partial charge is 0.326 e. The Hall–Kier alpha value is -3.97. The molecule has 0 aliphatic carbocycles. The highest BCUT2D eigenvalue weighted by Gasteiger charge is 2.20. The Labute approximate surface area is 194 Å². The van der Waals surface area contributed by atoms with E-state index in [1.165, 1.54) is 16.8 Å². The van der Waals surface area contributed by atoms with Gasteiger partial charge >= 0.3 is 0 Å². The molecule has 10 heteroatoms. The lowest BCUT2D eigenvalue weighted by Crippen LogP contribution is -2.19. The number of anilines is 1. The second-order valence-electron chi connectivity index (χ2n) is 7.31. The highest BCUT2D eigenvalue weighted by molar-refractivity contribution is 7.99. The molecule has 0 bridgehead atoms. The molecule has 0 saturated carbocycles. The number of rotatable bonds is 7. The van der Waals surface area contributed by atoms with Crippen molar-refractivity contribution in [1.82, 2.24) is 24.8 Å². The molecule has 0 saturated heterocycles. The van der Waals surface area contributed by atoms with Crippen LogP contribution in [0.5, 0.6) is 0 Å². The van der Waals surface area contributed by atoms with Crippen molar-refractivity contribution in [2.24, 2.45) is 0 Å². The van der Waals surface area contributed by atoms with Gasteiger partial charge in [-0.15, -0.1) is 5.10 Å². The Balaban J connectivity index is 1.52. The van der Waals surface area contributed by atoms with Crippen LogP contribution >= 0.6 is 11.8 Å². The Morgan fingerprint density at radius 2 is 1.97 bits per heavy atom. The second-order valence-corrected chi connectivity index (χ2v) is 8.25. The molecule has 0 unspecified atom stereocenters. The normalized spacial score (nSPS) is 10.7. The fraction of sp³-hybridized carbons (Fsp3) is 0.174. The Morgan fingerprint density at radius 1 is 1.18 bits per heavy atom. The van der Waals surface area contributed by atoms with E-state index in [4.69, 9.17) is 0 Å². The van der Waals surface area contributed by atoms with Crippen LogP contribution in [0.25, 0.3) is 5.69 Å². The van der Waals surface area contributed by atoms with Gasteiger partial charge in [0.2, 0.25) is 11.1 Å². The molecule has 4 rings (SSSR count). The van der Waals surface area contributed by atoms with E-state index in [1.54, 1.807) is 12.1 Å². The van der Waals surface area contributed by atoms with Crippen molar-refractivity contribution < 1.29 is 9.18 Å². The lowest BCUT2D eigenvalue weighted by molar-refractivity contribution is -0.113. The van der Waals surface area contributed by atoms with Gasteiger partial charge in [-0.1, -0.05) is 48.2 Å². The van der Waals surface area contributed by atoms with Crippen molar-refractivity contribution in [2.75, 3.05) is 11.1 Å². The first-order chi connectivity index (χ1) is 16.0. The van der Waals surface area contributed by atoms with E-state index >= 15 is 0 Å². The van der Waals surface area contributed by atoms with Crippen LogP contribution in [0.2, 0.25) is 0 Å². The molecule has 1 N–H and O–H groups in total. The van der Waals surface area contributed by atoms with Crippen molar-refractivity contribution >= 4 is 23.5 Å². The molecule has 166 valence electrons. The molecular formula is C23H20FN7OS. The maximum absolute atomic E-state index is 13.6. The summed E-state index contributed by atoms with van der Waals surface area (Å²) in [6.45, 7) is 4.32. The van der Waals surface area contributed by atoms with Gasteiger partial charge in [0.1, 0.15) is 17.7 Å². The first-order valence-corrected chi connectivity index (χ1v) is 11.1. The van der Waals surface area contributed by atoms with Gasteiger partial charge in [-0.3, -0.25) is 4.79 Å². The standard InChI is InChI=1S/C23H20FN7OS/c1-15-16(2)30(13-17-7-4-3-5-8-17)22(20(15)12-25)26-21(32)14-33-23-27-28-29-31(23)19-10-6-9-18(24)11-19/h3-11H,13-14H2,1-2H3,(H,26,32). The number of aromatic nitrogens is 5. The maximum atomic E-state index is 13.6. The zero-order chi connectivity index (χ0) is 23.4. The fourth-order valence-electron chi connectivity index (χ4n) is 3.43. The minimum absolute atomic E-state index is 0.00910. The van der Waals surface area contributed by atoms with Crippen molar-refractivity contribution in [3.8, 4) is 11.8 Å². The number of nitrogens with zero attached hydrogens (tertiary/aromatic N) is 6. The van der Waals surface area contributed by atoms with E-state index in [1.807, 2.05) is 48.7 Å². The smallest absolute Gasteiger partial charge is 0.235 e. The van der Waals surface area contributed by atoms with Gasteiger partial charge in [-0.05, 0) is 53.6 Å². The van der Waals surface area contributed by atoms with Crippen LogP contribution < -0.4 is 5.32 Å². The number of hydrogen-bond acceptors (Lipinski definition) is 6. The highest BCUT2D eigenvalue weighted by atomic mass is 32.2. The SMILES string of the molecule is Cc1c(C#N)c(NC(=O)CSc2nnnn2-c2cccc(F)c2)n(Cc2ccccc2)c1C. The van der Waals surface area contributed by atoms with Gasteiger partial charge in [0.15, 0.2) is 0 Å². The molecule has 0 fully saturated rings. The van der Waals surface area contributed by atoms with E-state index in [9.17, 15) is 14.4 Å². The third-order valence-electron chi connectivity index (χ3n) is 5.21. The van der Waals surface area contributed by atoms with Crippen LogP contribution in [0.1, 0.15) is 22.4 Å². The Morgan fingerprint density at radius 3 is 2.70 bits per heavy atom. The fourth-order valence-corrected chi connectivity index (χ4v) is 4.12. The number of nitrogens with one attached hydrogen (secondary N) is 1. The molecule has 0 atom stereocenters. The average molecular weight is 462 g/mol. The first-order valence-electron chi connectivity index (χ1n) is 10.1. The van der Waals surface area contributed by atoms with E-state index in [0.29, 0.717) is 28.8 Å². The predicted octanol–water partition coefficient (Wildman–Crippen LogP) is 3.87. The third kappa shape index (κ3) is 4.78. The number of tetrazole rings is 1. The number of carbonyl (C=O) groups is 1. The molecule has 0 spiro atoms. The van der Waals surface area contributed by atoms with Crippen LogP contribution in [-0.2, 0) is 11.3 Å². The lowest BCUT2D eigenvalue weighted by Gasteiger charge is -2.13. The number of hydrogen-bond donors (Lipinski definition) is 1. The maximum Gasteiger partial charge on any atom is 0.235 e. The van der Waals surface area contributed by atoms with Crippen molar-refractivity contribution in [3.05, 3.63) is 82.8 Å². The molecular weight excluding hydrogens is 441 g/mol. The zero-order valence-electron chi connectivity index (χ0n) is 18.0. The summed E-state index contributed by atoms with van der Waals surface area (Å²) >= 11 is 1.12. The van der Waals surface area contributed by atoms with Gasteiger partial charge in [0.05, 0.1) is 17.0 Å². The van der Waals surface area contributed by atoms with Crippen LogP contribution in [0.3, 0.4) is 0 Å².